The molecule has 73 heavy (non-hydrogen) atoms. The Bertz CT molecular complexity index is 2820. The molecule has 8 N–H and O–H groups in total. The topological polar surface area (TPSA) is 258 Å². The van der Waals surface area contributed by atoms with Crippen LogP contribution in [0, 0.1) is 17.2 Å². The number of H-pyrrole nitrogens is 1. The summed E-state index contributed by atoms with van der Waals surface area (Å²) in [5.41, 5.74) is 17.1. The van der Waals surface area contributed by atoms with Crippen LogP contribution in [-0.4, -0.2) is 148 Å². The number of aromatic nitrogens is 5. The van der Waals surface area contributed by atoms with Crippen molar-refractivity contribution in [3.63, 3.8) is 0 Å². The van der Waals surface area contributed by atoms with E-state index >= 15 is 0 Å². The zero-order valence-electron chi connectivity index (χ0n) is 42.8. The first-order valence-corrected chi connectivity index (χ1v) is 25.6. The number of benzene rings is 2. The summed E-state index contributed by atoms with van der Waals surface area (Å²) in [6, 6.07) is 18.3. The minimum atomic E-state index is -0.761. The number of nitrogen functional groups attached to an aromatic ring is 2. The first-order valence-electron chi connectivity index (χ1n) is 24.8. The van der Waals surface area contributed by atoms with E-state index in [1.165, 1.54) is 33.2 Å². The molecule has 2 atom stereocenters. The highest BCUT2D eigenvalue weighted by molar-refractivity contribution is 7.19. The van der Waals surface area contributed by atoms with Crippen molar-refractivity contribution in [2.45, 2.75) is 59.8 Å². The molecule has 3 aliphatic heterocycles. The number of nitrogens with one attached hydrogen (secondary N) is 4. The fourth-order valence-electron chi connectivity index (χ4n) is 8.53. The van der Waals surface area contributed by atoms with Crippen molar-refractivity contribution >= 4 is 90.8 Å². The Morgan fingerprint density at radius 3 is 2.15 bits per heavy atom. The summed E-state index contributed by atoms with van der Waals surface area (Å²) in [6.45, 7) is 16.0. The number of fused-ring (bicyclic) bond motifs is 2. The Morgan fingerprint density at radius 2 is 1.53 bits per heavy atom. The molecule has 388 valence electrons. The van der Waals surface area contributed by atoms with Crippen LogP contribution >= 0.6 is 11.3 Å². The number of nitrogens with zero attached hydrogens (tertiary/aromatic N) is 8. The van der Waals surface area contributed by atoms with Gasteiger partial charge < -0.3 is 51.8 Å². The van der Waals surface area contributed by atoms with E-state index in [4.69, 9.17) is 26.6 Å². The molecule has 2 fully saturated rings. The Hall–Kier alpha value is -7.29. The third-order valence-electron chi connectivity index (χ3n) is 12.8. The lowest BCUT2D eigenvalue weighted by atomic mass is 10.0. The second kappa shape index (κ2) is 27.0. The largest absolute Gasteiger partial charge is 0.492 e. The average molecular weight is 1020 g/mol. The summed E-state index contributed by atoms with van der Waals surface area (Å²) < 4.78 is 6.83. The van der Waals surface area contributed by atoms with E-state index in [9.17, 15) is 19.2 Å². The van der Waals surface area contributed by atoms with Gasteiger partial charge in [0, 0.05) is 63.6 Å². The van der Waals surface area contributed by atoms with Gasteiger partial charge in [-0.25, -0.2) is 9.97 Å². The number of thiazole rings is 1. The highest BCUT2D eigenvalue weighted by Gasteiger charge is 2.28. The molecule has 2 saturated heterocycles. The highest BCUT2D eigenvalue weighted by atomic mass is 32.1. The molecule has 0 saturated carbocycles. The van der Waals surface area contributed by atoms with Crippen molar-refractivity contribution in [1.29, 1.82) is 5.41 Å². The lowest BCUT2D eigenvalue weighted by molar-refractivity contribution is -0.144. The van der Waals surface area contributed by atoms with Crippen molar-refractivity contribution in [3.8, 4) is 5.75 Å². The van der Waals surface area contributed by atoms with Crippen LogP contribution in [-0.2, 0) is 19.2 Å². The first-order chi connectivity index (χ1) is 35.1. The minimum absolute atomic E-state index is 0.0988. The number of hydrogen-bond acceptors (Lipinski definition) is 15. The summed E-state index contributed by atoms with van der Waals surface area (Å²) >= 11 is 1.82. The molecular formula is C53H70N14O5S. The van der Waals surface area contributed by atoms with Crippen molar-refractivity contribution in [2.24, 2.45) is 11.8 Å². The van der Waals surface area contributed by atoms with Gasteiger partial charge in [-0.2, -0.15) is 5.10 Å². The summed E-state index contributed by atoms with van der Waals surface area (Å²) in [7, 11) is 4.27. The fourth-order valence-corrected chi connectivity index (χ4v) is 9.65. The third kappa shape index (κ3) is 15.6. The summed E-state index contributed by atoms with van der Waals surface area (Å²) in [6.07, 6.45) is 12.1. The summed E-state index contributed by atoms with van der Waals surface area (Å²) in [4.78, 5) is 68.9. The molecule has 6 aromatic rings. The van der Waals surface area contributed by atoms with Crippen molar-refractivity contribution in [2.75, 3.05) is 95.2 Å². The van der Waals surface area contributed by atoms with E-state index in [1.54, 1.807) is 22.2 Å². The van der Waals surface area contributed by atoms with Gasteiger partial charge in [-0.15, -0.1) is 11.3 Å². The second-order valence-electron chi connectivity index (χ2n) is 18.7. The quantitative estimate of drug-likeness (QED) is 0.0630. The SMILES string of the molecule is CC1=C(c2nc3ccccc3s2)CCN(C)C1.CC1CCCN(C(=O)C(=O)Nc2cnc(N)c(C=N)c2N)C1.CC1CCCN(C(=O)C(=O)Nc2cncc3cn[nH]c23)C1.CCN(C)CCOc1ccccc1. The molecule has 2 aromatic carbocycles. The molecule has 3 aliphatic rings. The molecule has 7 heterocycles. The zero-order chi connectivity index (χ0) is 52.4. The van der Waals surface area contributed by atoms with Crippen LogP contribution in [0.25, 0.3) is 26.7 Å². The molecular weight excluding hydrogens is 945 g/mol. The number of likely N-dealkylation sites (N-methyl/N-ethyl adjacent to an activating group) is 2. The van der Waals surface area contributed by atoms with E-state index in [1.807, 2.05) is 41.7 Å². The maximum absolute atomic E-state index is 12.2. The maximum Gasteiger partial charge on any atom is 0.314 e. The van der Waals surface area contributed by atoms with Crippen LogP contribution in [0.15, 0.2) is 85.0 Å². The van der Waals surface area contributed by atoms with Gasteiger partial charge in [0.05, 0.1) is 56.9 Å². The summed E-state index contributed by atoms with van der Waals surface area (Å²) in [5, 5.41) is 21.0. The zero-order valence-corrected chi connectivity index (χ0v) is 43.6. The van der Waals surface area contributed by atoms with Gasteiger partial charge in [-0.3, -0.25) is 29.3 Å². The smallest absolute Gasteiger partial charge is 0.314 e. The van der Waals surface area contributed by atoms with Gasteiger partial charge in [-0.1, -0.05) is 56.7 Å². The molecule has 19 nitrogen and oxygen atoms in total. The van der Waals surface area contributed by atoms with Crippen LogP contribution in [0.4, 0.5) is 22.9 Å². The van der Waals surface area contributed by atoms with Crippen LogP contribution in [0.3, 0.4) is 0 Å². The predicted molar refractivity (Wildman–Crippen MR) is 291 cm³/mol. The number of anilines is 4. The molecule has 0 spiro atoms. The monoisotopic (exact) mass is 1010 g/mol. The van der Waals surface area contributed by atoms with E-state index in [-0.39, 0.29) is 22.8 Å². The van der Waals surface area contributed by atoms with Crippen LogP contribution in [0.5, 0.6) is 5.75 Å². The molecule has 9 rings (SSSR count). The fraction of sp³-hybridized carbons (Fsp3) is 0.415. The van der Waals surface area contributed by atoms with Crippen LogP contribution in [0.1, 0.15) is 70.4 Å². The Morgan fingerprint density at radius 1 is 0.890 bits per heavy atom. The molecule has 0 radical (unpaired) electrons. The Kier molecular flexibility index (Phi) is 20.3. The average Bonchev–Trinajstić information content (AvgIpc) is 4.06. The first kappa shape index (κ1) is 55.0. The standard InChI is InChI=1S/C14H20N6O2.C14H17N5O2.C14H16N2S.C11H17NO/c1-8-3-2-4-20(7-8)14(22)13(21)19-10-6-18-12(17)9(5-15)11(10)16;1-9-3-2-4-19(8-9)14(21)13(20)17-11-7-15-5-10-6-16-18-12(10)11;1-10-9-16(2)8-7-11(10)14-15-12-5-3-4-6-13(12)17-14;1-3-12(2)9-10-13-11-7-5-4-6-8-11/h5-6,8,15H,2-4,7H2,1H3,(H,19,21)(H4,16,17,18);5-7,9H,2-4,8H2,1H3,(H,16,18)(H,17,20);3-6H,7-9H2,1-2H3;4-8H,3,9-10H2,1-2H3. The van der Waals surface area contributed by atoms with Crippen molar-refractivity contribution in [1.82, 2.24) is 44.7 Å². The number of ether oxygens (including phenoxy) is 1. The number of carbonyl (C=O) groups is 4. The van der Waals surface area contributed by atoms with Crippen LogP contribution < -0.4 is 26.8 Å². The number of pyridine rings is 2. The number of aromatic amines is 1. The van der Waals surface area contributed by atoms with Gasteiger partial charge in [0.15, 0.2) is 0 Å². The predicted octanol–water partition coefficient (Wildman–Crippen LogP) is 7.02. The van der Waals surface area contributed by atoms with Gasteiger partial charge in [0.25, 0.3) is 0 Å². The molecule has 4 aromatic heterocycles. The molecule has 2 unspecified atom stereocenters. The van der Waals surface area contributed by atoms with E-state index < -0.39 is 23.6 Å². The van der Waals surface area contributed by atoms with Gasteiger partial charge in [-0.05, 0) is 101 Å². The van der Waals surface area contributed by atoms with E-state index in [0.717, 1.165) is 87.8 Å². The number of likely N-dealkylation sites (tertiary alicyclic amines) is 2. The molecule has 4 amide bonds. The summed E-state index contributed by atoms with van der Waals surface area (Å²) in [5.74, 6) is -0.589. The number of carbonyl (C=O) groups excluding carboxylic acids is 4. The molecule has 0 bridgehead atoms. The lowest BCUT2D eigenvalue weighted by Gasteiger charge is -2.30. The molecule has 0 aliphatic carbocycles. The Balaban J connectivity index is 0.000000161. The molecule has 20 heteroatoms. The van der Waals surface area contributed by atoms with Gasteiger partial charge in [0.2, 0.25) is 0 Å². The number of rotatable bonds is 9. The van der Waals surface area contributed by atoms with Gasteiger partial charge in [0.1, 0.15) is 23.2 Å². The van der Waals surface area contributed by atoms with Crippen LogP contribution in [0.2, 0.25) is 0 Å². The third-order valence-corrected chi connectivity index (χ3v) is 13.9. The second-order valence-corrected chi connectivity index (χ2v) is 19.8. The number of nitrogens with two attached hydrogens (primary N) is 2. The number of hydrogen-bond donors (Lipinski definition) is 6. The minimum Gasteiger partial charge on any atom is -0.492 e. The normalized spacial score (nSPS) is 16.8. The van der Waals surface area contributed by atoms with Gasteiger partial charge >= 0.3 is 23.6 Å². The highest BCUT2D eigenvalue weighted by Crippen LogP contribution is 2.33. The van der Waals surface area contributed by atoms with E-state index in [0.29, 0.717) is 49.2 Å². The Labute approximate surface area is 431 Å². The number of amides is 4. The lowest BCUT2D eigenvalue weighted by Crippen LogP contribution is -2.44. The maximum atomic E-state index is 12.2. The number of para-hydroxylation sites is 2. The number of piperidine rings is 2. The van der Waals surface area contributed by atoms with Crippen molar-refractivity contribution < 1.29 is 23.9 Å². The van der Waals surface area contributed by atoms with E-state index in [2.05, 4.69) is 107 Å². The van der Waals surface area contributed by atoms with Crippen molar-refractivity contribution in [3.05, 3.63) is 95.5 Å².